The van der Waals surface area contributed by atoms with Crippen LogP contribution in [0, 0.1) is 31.6 Å². The summed E-state index contributed by atoms with van der Waals surface area (Å²) in [5, 5.41) is 6.08. The molecule has 2 amide bonds. The van der Waals surface area contributed by atoms with E-state index in [1.54, 1.807) is 36.7 Å². The predicted molar refractivity (Wildman–Crippen MR) is 280 cm³/mol. The molecule has 0 radical (unpaired) electrons. The van der Waals surface area contributed by atoms with Crippen molar-refractivity contribution < 1.29 is 28.7 Å². The molecule has 0 aliphatic rings. The molecule has 0 fully saturated rings. The van der Waals surface area contributed by atoms with Crippen LogP contribution >= 0.6 is 0 Å². The normalized spacial score (nSPS) is 12.3. The van der Waals surface area contributed by atoms with Gasteiger partial charge in [0.2, 0.25) is 17.4 Å². The molecular weight excluding hydrogens is 881 g/mol. The molecule has 0 aliphatic heterocycles. The van der Waals surface area contributed by atoms with Gasteiger partial charge in [-0.1, -0.05) is 139 Å². The molecule has 2 heterocycles. The van der Waals surface area contributed by atoms with E-state index in [4.69, 9.17) is 9.47 Å². The first-order chi connectivity index (χ1) is 33.0. The molecule has 0 aliphatic carbocycles. The summed E-state index contributed by atoms with van der Waals surface area (Å²) >= 11 is 0. The van der Waals surface area contributed by atoms with Gasteiger partial charge in [-0.3, -0.25) is 28.8 Å². The van der Waals surface area contributed by atoms with Gasteiger partial charge in [-0.05, 0) is 107 Å². The number of nitrogens with one attached hydrogen (secondary N) is 3. The zero-order valence-electron chi connectivity index (χ0n) is 41.4. The zero-order valence-corrected chi connectivity index (χ0v) is 41.4. The first-order valence-corrected chi connectivity index (χ1v) is 23.4. The molecule has 3 N–H and O–H groups in total. The van der Waals surface area contributed by atoms with Crippen molar-refractivity contribution in [3.8, 4) is 22.3 Å². The molecule has 6 aromatic rings. The van der Waals surface area contributed by atoms with Crippen LogP contribution in [0.15, 0.2) is 155 Å². The number of methoxy groups -OCH3 is 2. The van der Waals surface area contributed by atoms with Crippen molar-refractivity contribution in [2.75, 3.05) is 14.2 Å². The first kappa shape index (κ1) is 57.0. The lowest BCUT2D eigenvalue weighted by Gasteiger charge is -2.25. The van der Waals surface area contributed by atoms with Gasteiger partial charge in [0.15, 0.2) is 0 Å². The van der Waals surface area contributed by atoms with E-state index < -0.39 is 24.1 Å². The standard InChI is InChI=1S/C28H32N2O4.C24H31NO3.C5H5NO.CH4/c1-19(2)16-25(30-15-8-7-14-26(30)31)28(33)29-24(18-27(32)34-4)22-12-9-11-21(17-22)23-13-6-5-10-20(23)3;1-16(2)13-18(4)24(27)25-22(15-23(26)28-5)20-11-8-10-19(14-20)21-12-7-6-9-17(21)3;7-5-3-1-2-4-6-5;/h5-15,17,19,24-25H,16,18H2,1-4H3,(H,29,33);6-12,14,16,18,22H,13,15H2,1-5H3,(H,25,27);1-4H,(H,6,7);1H4/t24-,25?;18-,22+;;/m01../s1. The fourth-order valence-corrected chi connectivity index (χ4v) is 7.91. The molecule has 0 saturated carbocycles. The molecule has 2 aromatic heterocycles. The molecule has 70 heavy (non-hydrogen) atoms. The number of hydrogen-bond donors (Lipinski definition) is 3. The third kappa shape index (κ3) is 18.0. The number of aromatic amines is 1. The van der Waals surface area contributed by atoms with Crippen LogP contribution in [-0.4, -0.2) is 47.5 Å². The minimum Gasteiger partial charge on any atom is -0.469 e. The van der Waals surface area contributed by atoms with E-state index in [1.165, 1.54) is 36.5 Å². The van der Waals surface area contributed by atoms with Gasteiger partial charge in [0.05, 0.1) is 39.1 Å². The molecular formula is C58H72N4O8. The van der Waals surface area contributed by atoms with Crippen LogP contribution in [0.1, 0.15) is 108 Å². The Labute approximate surface area is 413 Å². The SMILES string of the molecule is C.COC(=O)C[C@H](NC(=O)C(CC(C)C)n1ccccc1=O)c1cccc(-c2ccccc2C)c1.COC(=O)C[C@H](NC(=O)[C@H](C)CC(C)C)c1cccc(-c2ccccc2C)c1.O=c1cccc[nH]1. The smallest absolute Gasteiger partial charge is 0.307 e. The molecule has 12 nitrogen and oxygen atoms in total. The topological polar surface area (TPSA) is 166 Å². The lowest BCUT2D eigenvalue weighted by atomic mass is 9.94. The van der Waals surface area contributed by atoms with Crippen molar-refractivity contribution >= 4 is 23.8 Å². The largest absolute Gasteiger partial charge is 0.469 e. The molecule has 4 atom stereocenters. The minimum atomic E-state index is -0.687. The average Bonchev–Trinajstić information content (AvgIpc) is 3.33. The fourth-order valence-electron chi connectivity index (χ4n) is 7.91. The number of pyridine rings is 2. The van der Waals surface area contributed by atoms with Gasteiger partial charge in [-0.15, -0.1) is 0 Å². The highest BCUT2D eigenvalue weighted by molar-refractivity contribution is 5.82. The van der Waals surface area contributed by atoms with Crippen LogP contribution in [0.2, 0.25) is 0 Å². The zero-order chi connectivity index (χ0) is 50.5. The monoisotopic (exact) mass is 953 g/mol. The Hall–Kier alpha value is -7.34. The van der Waals surface area contributed by atoms with Crippen molar-refractivity contribution in [1.82, 2.24) is 20.2 Å². The van der Waals surface area contributed by atoms with Crippen LogP contribution in [0.25, 0.3) is 22.3 Å². The number of ether oxygens (including phenoxy) is 2. The Kier molecular flexibility index (Phi) is 23.5. The van der Waals surface area contributed by atoms with Crippen LogP contribution in [0.5, 0.6) is 0 Å². The van der Waals surface area contributed by atoms with E-state index in [9.17, 15) is 28.8 Å². The first-order valence-electron chi connectivity index (χ1n) is 23.4. The number of carbonyl (C=O) groups is 4. The number of benzene rings is 4. The number of carbonyl (C=O) groups excluding carboxylic acids is 4. The summed E-state index contributed by atoms with van der Waals surface area (Å²) in [5.74, 6) is -0.608. The maximum Gasteiger partial charge on any atom is 0.307 e. The summed E-state index contributed by atoms with van der Waals surface area (Å²) in [7, 11) is 2.70. The number of hydrogen-bond acceptors (Lipinski definition) is 8. The number of rotatable bonds is 17. The van der Waals surface area contributed by atoms with Crippen LogP contribution in [-0.2, 0) is 28.7 Å². The molecule has 4 aromatic carbocycles. The molecule has 6 rings (SSSR count). The van der Waals surface area contributed by atoms with Gasteiger partial charge in [0.25, 0.3) is 5.56 Å². The second kappa shape index (κ2) is 28.9. The van der Waals surface area contributed by atoms with Crippen LogP contribution in [0.3, 0.4) is 0 Å². The van der Waals surface area contributed by atoms with E-state index in [0.29, 0.717) is 12.3 Å². The maximum absolute atomic E-state index is 13.5. The average molecular weight is 953 g/mol. The predicted octanol–water partition coefficient (Wildman–Crippen LogP) is 10.9. The summed E-state index contributed by atoms with van der Waals surface area (Å²) in [6.45, 7) is 14.3. The summed E-state index contributed by atoms with van der Waals surface area (Å²) < 4.78 is 11.2. The quantitative estimate of drug-likeness (QED) is 0.0760. The van der Waals surface area contributed by atoms with Crippen molar-refractivity contribution in [3.05, 3.63) is 189 Å². The Balaban J connectivity index is 0.000000324. The lowest BCUT2D eigenvalue weighted by molar-refractivity contribution is -0.142. The Morgan fingerprint density at radius 3 is 1.46 bits per heavy atom. The van der Waals surface area contributed by atoms with Crippen molar-refractivity contribution in [3.63, 3.8) is 0 Å². The van der Waals surface area contributed by atoms with E-state index in [1.807, 2.05) is 113 Å². The van der Waals surface area contributed by atoms with Gasteiger partial charge < -0.3 is 29.7 Å². The van der Waals surface area contributed by atoms with Crippen molar-refractivity contribution in [2.24, 2.45) is 17.8 Å². The Morgan fingerprint density at radius 1 is 0.571 bits per heavy atom. The summed E-state index contributed by atoms with van der Waals surface area (Å²) in [5.41, 5.74) is 8.00. The lowest BCUT2D eigenvalue weighted by Crippen LogP contribution is -2.40. The van der Waals surface area contributed by atoms with Crippen LogP contribution in [0.4, 0.5) is 0 Å². The van der Waals surface area contributed by atoms with Gasteiger partial charge in [0.1, 0.15) is 6.04 Å². The summed E-state index contributed by atoms with van der Waals surface area (Å²) in [6, 6.07) is 40.1. The van der Waals surface area contributed by atoms with E-state index in [0.717, 1.165) is 45.4 Å². The Bertz CT molecular complexity index is 2710. The Morgan fingerprint density at radius 2 is 1.04 bits per heavy atom. The molecule has 372 valence electrons. The van der Waals surface area contributed by atoms with Gasteiger partial charge in [-0.2, -0.15) is 0 Å². The highest BCUT2D eigenvalue weighted by atomic mass is 16.5. The molecule has 1 unspecified atom stereocenters. The number of nitrogens with zero attached hydrogens (tertiary/aromatic N) is 1. The van der Waals surface area contributed by atoms with Crippen molar-refractivity contribution in [2.45, 2.75) is 99.7 Å². The highest BCUT2D eigenvalue weighted by Gasteiger charge is 2.28. The van der Waals surface area contributed by atoms with Gasteiger partial charge >= 0.3 is 11.9 Å². The van der Waals surface area contributed by atoms with E-state index >= 15 is 0 Å². The number of esters is 2. The molecule has 0 saturated heterocycles. The van der Waals surface area contributed by atoms with E-state index in [2.05, 4.69) is 48.5 Å². The molecule has 12 heteroatoms. The second-order valence-electron chi connectivity index (χ2n) is 17.9. The van der Waals surface area contributed by atoms with Crippen LogP contribution < -0.4 is 21.8 Å². The number of H-pyrrole nitrogens is 1. The minimum absolute atomic E-state index is 0. The third-order valence-electron chi connectivity index (χ3n) is 11.5. The van der Waals surface area contributed by atoms with Gasteiger partial charge in [0, 0.05) is 30.4 Å². The molecule has 0 spiro atoms. The summed E-state index contributed by atoms with van der Waals surface area (Å²) in [6.07, 6.45) is 4.61. The number of aryl methyl sites for hydroxylation is 2. The van der Waals surface area contributed by atoms with Gasteiger partial charge in [-0.25, -0.2) is 0 Å². The maximum atomic E-state index is 13.5. The number of aromatic nitrogens is 2. The highest BCUT2D eigenvalue weighted by Crippen LogP contribution is 2.30. The third-order valence-corrected chi connectivity index (χ3v) is 11.5. The number of amides is 2. The van der Waals surface area contributed by atoms with E-state index in [-0.39, 0.29) is 61.0 Å². The fraction of sp³-hybridized carbons (Fsp3) is 0.345. The molecule has 0 bridgehead atoms. The second-order valence-corrected chi connectivity index (χ2v) is 17.9. The van der Waals surface area contributed by atoms with Crippen molar-refractivity contribution in [1.29, 1.82) is 0 Å². The summed E-state index contributed by atoms with van der Waals surface area (Å²) in [4.78, 5) is 75.5.